The first-order chi connectivity index (χ1) is 7.84. The molecular weight excluding hydrogens is 210 g/mol. The van der Waals surface area contributed by atoms with Gasteiger partial charge in [0.2, 0.25) is 0 Å². The molecule has 1 rings (SSSR count). The molecule has 0 saturated heterocycles. The maximum Gasteiger partial charge on any atom is 0.0741 e. The van der Waals surface area contributed by atoms with E-state index in [4.69, 9.17) is 0 Å². The minimum Gasteiger partial charge on any atom is -0.389 e. The van der Waals surface area contributed by atoms with Crippen LogP contribution in [0, 0.1) is 0 Å². The molecule has 0 aromatic heterocycles. The molecule has 2 heteroatoms. The van der Waals surface area contributed by atoms with E-state index < -0.39 is 5.60 Å². The molecule has 0 fully saturated rings. The summed E-state index contributed by atoms with van der Waals surface area (Å²) in [6.07, 6.45) is 1.07. The van der Waals surface area contributed by atoms with Crippen molar-refractivity contribution in [1.82, 2.24) is 5.32 Å². The first-order valence-corrected chi connectivity index (χ1v) is 6.42. The lowest BCUT2D eigenvalue weighted by molar-refractivity contribution is 0.0405. The summed E-state index contributed by atoms with van der Waals surface area (Å²) in [5, 5.41) is 13.3. The summed E-state index contributed by atoms with van der Waals surface area (Å²) in [5.74, 6) is 0. The first kappa shape index (κ1) is 14.2. The Bertz CT molecular complexity index is 337. The largest absolute Gasteiger partial charge is 0.389 e. The second kappa shape index (κ2) is 5.65. The van der Waals surface area contributed by atoms with Gasteiger partial charge >= 0.3 is 0 Å². The van der Waals surface area contributed by atoms with Crippen LogP contribution in [0.1, 0.15) is 51.8 Å². The number of hydrogen-bond donors (Lipinski definition) is 2. The number of aryl methyl sites for hydroxylation is 1. The third-order valence-electron chi connectivity index (χ3n) is 3.45. The molecule has 0 spiro atoms. The fourth-order valence-corrected chi connectivity index (χ4v) is 1.72. The highest BCUT2D eigenvalue weighted by Crippen LogP contribution is 2.17. The molecule has 1 aromatic rings. The van der Waals surface area contributed by atoms with Gasteiger partial charge in [-0.1, -0.05) is 31.2 Å². The fourth-order valence-electron chi connectivity index (χ4n) is 1.72. The van der Waals surface area contributed by atoms with E-state index in [2.05, 4.69) is 43.4 Å². The molecule has 1 aromatic carbocycles. The van der Waals surface area contributed by atoms with E-state index in [9.17, 15) is 5.11 Å². The van der Waals surface area contributed by atoms with Crippen LogP contribution in [0.5, 0.6) is 0 Å². The van der Waals surface area contributed by atoms with Crippen molar-refractivity contribution in [2.24, 2.45) is 0 Å². The lowest BCUT2D eigenvalue weighted by atomic mass is 9.98. The summed E-state index contributed by atoms with van der Waals surface area (Å²) >= 11 is 0. The zero-order chi connectivity index (χ0) is 13.1. The summed E-state index contributed by atoms with van der Waals surface area (Å²) < 4.78 is 0. The molecule has 0 aliphatic rings. The van der Waals surface area contributed by atoms with Crippen LogP contribution in [0.3, 0.4) is 0 Å². The fraction of sp³-hybridized carbons (Fsp3) is 0.600. The normalized spacial score (nSPS) is 15.6. The average molecular weight is 235 g/mol. The molecular formula is C15H25NO. The molecule has 0 aliphatic heterocycles. The summed E-state index contributed by atoms with van der Waals surface area (Å²) in [7, 11) is 0. The summed E-state index contributed by atoms with van der Waals surface area (Å²) in [6.45, 7) is 9.96. The Hall–Kier alpha value is -0.860. The van der Waals surface area contributed by atoms with E-state index in [1.165, 1.54) is 11.1 Å². The Labute approximate surface area is 105 Å². The second-order valence-electron chi connectivity index (χ2n) is 5.36. The number of rotatable bonds is 5. The molecule has 0 aliphatic carbocycles. The van der Waals surface area contributed by atoms with Crippen LogP contribution >= 0.6 is 0 Å². The summed E-state index contributed by atoms with van der Waals surface area (Å²) in [5.41, 5.74) is 1.92. The molecule has 17 heavy (non-hydrogen) atoms. The Morgan fingerprint density at radius 3 is 2.12 bits per heavy atom. The van der Waals surface area contributed by atoms with Crippen LogP contribution in [0.2, 0.25) is 0 Å². The van der Waals surface area contributed by atoms with Crippen molar-refractivity contribution in [1.29, 1.82) is 0 Å². The molecule has 96 valence electrons. The van der Waals surface area contributed by atoms with E-state index in [0.29, 0.717) is 0 Å². The third-order valence-corrected chi connectivity index (χ3v) is 3.45. The third kappa shape index (κ3) is 4.14. The zero-order valence-corrected chi connectivity index (χ0v) is 11.6. The van der Waals surface area contributed by atoms with Gasteiger partial charge in [0.05, 0.1) is 5.60 Å². The van der Waals surface area contributed by atoms with Gasteiger partial charge in [-0.2, -0.15) is 0 Å². The van der Waals surface area contributed by atoms with Crippen molar-refractivity contribution in [3.8, 4) is 0 Å². The van der Waals surface area contributed by atoms with Crippen LogP contribution in [0.15, 0.2) is 24.3 Å². The van der Waals surface area contributed by atoms with Gasteiger partial charge in [0.15, 0.2) is 0 Å². The number of hydrogen-bond acceptors (Lipinski definition) is 2. The lowest BCUT2D eigenvalue weighted by Gasteiger charge is -2.30. The Morgan fingerprint density at radius 2 is 1.71 bits per heavy atom. The Morgan fingerprint density at radius 1 is 1.18 bits per heavy atom. The highest BCUT2D eigenvalue weighted by atomic mass is 16.3. The molecule has 0 radical (unpaired) electrons. The van der Waals surface area contributed by atoms with E-state index in [-0.39, 0.29) is 12.1 Å². The van der Waals surface area contributed by atoms with Gasteiger partial charge in [-0.05, 0) is 45.2 Å². The van der Waals surface area contributed by atoms with Crippen molar-refractivity contribution in [2.75, 3.05) is 0 Å². The molecule has 0 amide bonds. The minimum atomic E-state index is -0.697. The maximum absolute atomic E-state index is 9.90. The lowest BCUT2D eigenvalue weighted by Crippen LogP contribution is -2.45. The molecule has 2 atom stereocenters. The van der Waals surface area contributed by atoms with Gasteiger partial charge in [-0.3, -0.25) is 0 Å². The minimum absolute atomic E-state index is 0.0587. The Kier molecular flexibility index (Phi) is 4.72. The molecule has 0 saturated carbocycles. The number of nitrogens with one attached hydrogen (secondary N) is 1. The van der Waals surface area contributed by atoms with Crippen LogP contribution in [-0.4, -0.2) is 16.7 Å². The van der Waals surface area contributed by atoms with Crippen LogP contribution in [-0.2, 0) is 6.42 Å². The van der Waals surface area contributed by atoms with E-state index >= 15 is 0 Å². The SMILES string of the molecule is CCc1ccc(C(C)NC(C)C(C)(C)O)cc1. The van der Waals surface area contributed by atoms with Gasteiger partial charge in [0, 0.05) is 12.1 Å². The van der Waals surface area contributed by atoms with Gasteiger partial charge < -0.3 is 10.4 Å². The molecule has 2 unspecified atom stereocenters. The standard InChI is InChI=1S/C15H25NO/c1-6-13-7-9-14(10-8-13)11(2)16-12(3)15(4,5)17/h7-12,16-17H,6H2,1-5H3. The van der Waals surface area contributed by atoms with E-state index in [1.807, 2.05) is 20.8 Å². The maximum atomic E-state index is 9.90. The quantitative estimate of drug-likeness (QED) is 0.822. The van der Waals surface area contributed by atoms with Crippen molar-refractivity contribution < 1.29 is 5.11 Å². The average Bonchev–Trinajstić information content (AvgIpc) is 2.27. The van der Waals surface area contributed by atoms with Crippen LogP contribution < -0.4 is 5.32 Å². The second-order valence-corrected chi connectivity index (χ2v) is 5.36. The van der Waals surface area contributed by atoms with Gasteiger partial charge in [0.1, 0.15) is 0 Å². The van der Waals surface area contributed by atoms with Crippen molar-refractivity contribution >= 4 is 0 Å². The topological polar surface area (TPSA) is 32.3 Å². The van der Waals surface area contributed by atoms with E-state index in [0.717, 1.165) is 6.42 Å². The first-order valence-electron chi connectivity index (χ1n) is 6.42. The van der Waals surface area contributed by atoms with E-state index in [1.54, 1.807) is 0 Å². The van der Waals surface area contributed by atoms with Crippen LogP contribution in [0.4, 0.5) is 0 Å². The molecule has 0 heterocycles. The number of benzene rings is 1. The van der Waals surface area contributed by atoms with Crippen molar-refractivity contribution in [3.63, 3.8) is 0 Å². The monoisotopic (exact) mass is 235 g/mol. The Balaban J connectivity index is 2.66. The highest BCUT2D eigenvalue weighted by molar-refractivity contribution is 5.24. The van der Waals surface area contributed by atoms with Gasteiger partial charge in [-0.15, -0.1) is 0 Å². The molecule has 0 bridgehead atoms. The highest BCUT2D eigenvalue weighted by Gasteiger charge is 2.23. The molecule has 2 N–H and O–H groups in total. The summed E-state index contributed by atoms with van der Waals surface area (Å²) in [4.78, 5) is 0. The number of aliphatic hydroxyl groups is 1. The molecule has 2 nitrogen and oxygen atoms in total. The van der Waals surface area contributed by atoms with Gasteiger partial charge in [-0.25, -0.2) is 0 Å². The van der Waals surface area contributed by atoms with Crippen molar-refractivity contribution in [3.05, 3.63) is 35.4 Å². The summed E-state index contributed by atoms with van der Waals surface area (Å²) in [6, 6.07) is 8.97. The smallest absolute Gasteiger partial charge is 0.0741 e. The predicted octanol–water partition coefficient (Wildman–Crippen LogP) is 3.06. The van der Waals surface area contributed by atoms with Gasteiger partial charge in [0.25, 0.3) is 0 Å². The van der Waals surface area contributed by atoms with Crippen molar-refractivity contribution in [2.45, 2.75) is 58.7 Å². The predicted molar refractivity (Wildman–Crippen MR) is 73.1 cm³/mol. The van der Waals surface area contributed by atoms with Crippen LogP contribution in [0.25, 0.3) is 0 Å². The zero-order valence-electron chi connectivity index (χ0n) is 11.6.